The highest BCUT2D eigenvalue weighted by Crippen LogP contribution is 2.18. The summed E-state index contributed by atoms with van der Waals surface area (Å²) in [5.41, 5.74) is 4.68. The molecule has 2 aromatic heterocycles. The molecule has 0 atom stereocenters. The molecule has 0 aliphatic heterocycles. The third kappa shape index (κ3) is 3.57. The summed E-state index contributed by atoms with van der Waals surface area (Å²) in [4.78, 5) is 6.90. The van der Waals surface area contributed by atoms with Crippen molar-refractivity contribution in [1.82, 2.24) is 19.5 Å². The minimum absolute atomic E-state index is 0.758. The third-order valence-electron chi connectivity index (χ3n) is 4.37. The standard InChI is InChI=1S/C19H25N5/c1-4-23(5-2)14-17-9-7-6-8-16(17)13-21-19-18-12-15(3)22-24(18)11-10-20-19/h6-12H,4-5,13-14H2,1-3H3,(H,20,21). The van der Waals surface area contributed by atoms with E-state index >= 15 is 0 Å². The van der Waals surface area contributed by atoms with Crippen LogP contribution in [0, 0.1) is 6.92 Å². The van der Waals surface area contributed by atoms with Crippen molar-refractivity contribution in [3.63, 3.8) is 0 Å². The number of rotatable bonds is 7. The van der Waals surface area contributed by atoms with Crippen LogP contribution in [-0.4, -0.2) is 32.6 Å². The van der Waals surface area contributed by atoms with Gasteiger partial charge < -0.3 is 5.32 Å². The van der Waals surface area contributed by atoms with Crippen LogP contribution in [0.3, 0.4) is 0 Å². The van der Waals surface area contributed by atoms with Crippen LogP contribution in [0.2, 0.25) is 0 Å². The van der Waals surface area contributed by atoms with E-state index in [4.69, 9.17) is 0 Å². The quantitative estimate of drug-likeness (QED) is 0.723. The molecule has 0 amide bonds. The van der Waals surface area contributed by atoms with Gasteiger partial charge in [-0.1, -0.05) is 38.1 Å². The highest BCUT2D eigenvalue weighted by atomic mass is 15.2. The van der Waals surface area contributed by atoms with E-state index in [1.165, 1.54) is 11.1 Å². The van der Waals surface area contributed by atoms with E-state index in [0.29, 0.717) is 0 Å². The number of aryl methyl sites for hydroxylation is 1. The molecule has 5 heteroatoms. The van der Waals surface area contributed by atoms with Crippen molar-refractivity contribution in [3.8, 4) is 0 Å². The summed E-state index contributed by atoms with van der Waals surface area (Å²) < 4.78 is 1.87. The van der Waals surface area contributed by atoms with Gasteiger partial charge in [-0.05, 0) is 37.2 Å². The second-order valence-corrected chi connectivity index (χ2v) is 5.98. The predicted octanol–water partition coefficient (Wildman–Crippen LogP) is 3.49. The molecule has 0 saturated carbocycles. The van der Waals surface area contributed by atoms with Crippen LogP contribution in [0.1, 0.15) is 30.7 Å². The first-order valence-electron chi connectivity index (χ1n) is 8.55. The Labute approximate surface area is 143 Å². The molecular weight excluding hydrogens is 298 g/mol. The van der Waals surface area contributed by atoms with Gasteiger partial charge in [0.1, 0.15) is 5.52 Å². The molecular formula is C19H25N5. The second kappa shape index (κ2) is 7.45. The summed E-state index contributed by atoms with van der Waals surface area (Å²) in [7, 11) is 0. The van der Waals surface area contributed by atoms with Crippen LogP contribution >= 0.6 is 0 Å². The number of fused-ring (bicyclic) bond motifs is 1. The lowest BCUT2D eigenvalue weighted by Crippen LogP contribution is -2.23. The topological polar surface area (TPSA) is 45.5 Å². The van der Waals surface area contributed by atoms with Crippen molar-refractivity contribution in [3.05, 3.63) is 59.5 Å². The molecule has 0 fully saturated rings. The maximum absolute atomic E-state index is 4.48. The van der Waals surface area contributed by atoms with Gasteiger partial charge >= 0.3 is 0 Å². The molecule has 0 saturated heterocycles. The van der Waals surface area contributed by atoms with Gasteiger partial charge in [-0.2, -0.15) is 5.10 Å². The van der Waals surface area contributed by atoms with Crippen LogP contribution in [-0.2, 0) is 13.1 Å². The first kappa shape index (κ1) is 16.5. The number of nitrogens with zero attached hydrogens (tertiary/aromatic N) is 4. The third-order valence-corrected chi connectivity index (χ3v) is 4.37. The fourth-order valence-corrected chi connectivity index (χ4v) is 2.93. The maximum Gasteiger partial charge on any atom is 0.152 e. The van der Waals surface area contributed by atoms with E-state index in [9.17, 15) is 0 Å². The largest absolute Gasteiger partial charge is 0.364 e. The summed E-state index contributed by atoms with van der Waals surface area (Å²) >= 11 is 0. The van der Waals surface area contributed by atoms with Gasteiger partial charge in [0.15, 0.2) is 5.82 Å². The van der Waals surface area contributed by atoms with E-state index in [0.717, 1.165) is 43.2 Å². The number of hydrogen-bond acceptors (Lipinski definition) is 4. The van der Waals surface area contributed by atoms with Gasteiger partial charge in [0, 0.05) is 25.5 Å². The van der Waals surface area contributed by atoms with E-state index in [2.05, 4.69) is 64.5 Å². The first-order chi connectivity index (χ1) is 11.7. The Kier molecular flexibility index (Phi) is 5.11. The zero-order valence-corrected chi connectivity index (χ0v) is 14.7. The fraction of sp³-hybridized carbons (Fsp3) is 0.368. The average molecular weight is 323 g/mol. The number of aromatic nitrogens is 3. The predicted molar refractivity (Wildman–Crippen MR) is 98.1 cm³/mol. The minimum Gasteiger partial charge on any atom is -0.364 e. The Morgan fingerprint density at radius 2 is 1.88 bits per heavy atom. The van der Waals surface area contributed by atoms with Crippen molar-refractivity contribution in [2.24, 2.45) is 0 Å². The zero-order valence-electron chi connectivity index (χ0n) is 14.7. The van der Waals surface area contributed by atoms with Crippen molar-refractivity contribution in [2.75, 3.05) is 18.4 Å². The summed E-state index contributed by atoms with van der Waals surface area (Å²) in [6.45, 7) is 10.3. The molecule has 3 aromatic rings. The molecule has 0 bridgehead atoms. The monoisotopic (exact) mass is 323 g/mol. The van der Waals surface area contributed by atoms with Gasteiger partial charge in [-0.15, -0.1) is 0 Å². The van der Waals surface area contributed by atoms with E-state index in [1.807, 2.05) is 17.6 Å². The Balaban J connectivity index is 1.79. The summed E-state index contributed by atoms with van der Waals surface area (Å²) in [6.07, 6.45) is 3.66. The molecule has 0 spiro atoms. The lowest BCUT2D eigenvalue weighted by Gasteiger charge is -2.20. The summed E-state index contributed by atoms with van der Waals surface area (Å²) in [6, 6.07) is 10.7. The SMILES string of the molecule is CCN(CC)Cc1ccccc1CNc1nccn2nc(C)cc12. The normalized spacial score (nSPS) is 11.3. The van der Waals surface area contributed by atoms with Crippen LogP contribution in [0.5, 0.6) is 0 Å². The molecule has 5 nitrogen and oxygen atoms in total. The van der Waals surface area contributed by atoms with Crippen molar-refractivity contribution < 1.29 is 0 Å². The fourth-order valence-electron chi connectivity index (χ4n) is 2.93. The number of benzene rings is 1. The Morgan fingerprint density at radius 1 is 1.12 bits per heavy atom. The number of hydrogen-bond donors (Lipinski definition) is 1. The minimum atomic E-state index is 0.758. The molecule has 0 radical (unpaired) electrons. The van der Waals surface area contributed by atoms with Crippen LogP contribution < -0.4 is 5.32 Å². The van der Waals surface area contributed by atoms with E-state index in [1.54, 1.807) is 6.20 Å². The molecule has 24 heavy (non-hydrogen) atoms. The van der Waals surface area contributed by atoms with Gasteiger partial charge in [-0.3, -0.25) is 4.90 Å². The first-order valence-corrected chi connectivity index (χ1v) is 8.55. The van der Waals surface area contributed by atoms with Gasteiger partial charge in [0.05, 0.1) is 5.69 Å². The Morgan fingerprint density at radius 3 is 2.62 bits per heavy atom. The van der Waals surface area contributed by atoms with Crippen molar-refractivity contribution >= 4 is 11.3 Å². The second-order valence-electron chi connectivity index (χ2n) is 5.98. The van der Waals surface area contributed by atoms with Crippen LogP contribution in [0.15, 0.2) is 42.7 Å². The molecule has 3 rings (SSSR count). The molecule has 2 heterocycles. The van der Waals surface area contributed by atoms with Crippen LogP contribution in [0.4, 0.5) is 5.82 Å². The smallest absolute Gasteiger partial charge is 0.152 e. The molecule has 0 unspecified atom stereocenters. The molecule has 126 valence electrons. The summed E-state index contributed by atoms with van der Waals surface area (Å²) in [5.74, 6) is 0.871. The lowest BCUT2D eigenvalue weighted by atomic mass is 10.1. The maximum atomic E-state index is 4.48. The van der Waals surface area contributed by atoms with Crippen LogP contribution in [0.25, 0.3) is 5.52 Å². The van der Waals surface area contributed by atoms with Crippen molar-refractivity contribution in [1.29, 1.82) is 0 Å². The molecule has 1 aromatic carbocycles. The summed E-state index contributed by atoms with van der Waals surface area (Å²) in [5, 5.41) is 7.91. The molecule has 0 aliphatic carbocycles. The zero-order chi connectivity index (χ0) is 16.9. The average Bonchev–Trinajstić information content (AvgIpc) is 2.99. The Hall–Kier alpha value is -2.40. The van der Waals surface area contributed by atoms with Gasteiger partial charge in [0.2, 0.25) is 0 Å². The van der Waals surface area contributed by atoms with Gasteiger partial charge in [-0.25, -0.2) is 9.50 Å². The molecule has 1 N–H and O–H groups in total. The highest BCUT2D eigenvalue weighted by molar-refractivity contribution is 5.67. The van der Waals surface area contributed by atoms with E-state index in [-0.39, 0.29) is 0 Å². The van der Waals surface area contributed by atoms with Crippen molar-refractivity contribution in [2.45, 2.75) is 33.9 Å². The molecule has 0 aliphatic rings. The number of anilines is 1. The van der Waals surface area contributed by atoms with Gasteiger partial charge in [0.25, 0.3) is 0 Å². The number of nitrogens with one attached hydrogen (secondary N) is 1. The lowest BCUT2D eigenvalue weighted by molar-refractivity contribution is 0.295. The Bertz CT molecular complexity index is 804. The highest BCUT2D eigenvalue weighted by Gasteiger charge is 2.08. The van der Waals surface area contributed by atoms with E-state index < -0.39 is 0 Å².